The van der Waals surface area contributed by atoms with Crippen molar-refractivity contribution in [2.45, 2.75) is 32.2 Å². The maximum Gasteiger partial charge on any atom is 0.522 e. The van der Waals surface area contributed by atoms with Crippen molar-refractivity contribution in [2.24, 2.45) is 10.6 Å². The van der Waals surface area contributed by atoms with Crippen molar-refractivity contribution in [1.82, 2.24) is 18.9 Å². The third-order valence-corrected chi connectivity index (χ3v) is 6.51. The highest BCUT2D eigenvalue weighted by Crippen LogP contribution is 2.52. The highest BCUT2D eigenvalue weighted by molar-refractivity contribution is 7.94. The smallest absolute Gasteiger partial charge is 0.354 e. The number of hydrogen-bond donors (Lipinski definition) is 1. The average molecular weight is 437 g/mol. The molecule has 1 aliphatic carbocycles. The highest BCUT2D eigenvalue weighted by Gasteiger charge is 2.54. The molecule has 0 radical (unpaired) electrons. The van der Waals surface area contributed by atoms with E-state index in [0.29, 0.717) is 5.15 Å². The predicted molar refractivity (Wildman–Crippen MR) is 101 cm³/mol. The summed E-state index contributed by atoms with van der Waals surface area (Å²) >= 11 is 7.18. The second-order valence-electron chi connectivity index (χ2n) is 7.45. The van der Waals surface area contributed by atoms with Gasteiger partial charge in [0.05, 0.1) is 6.61 Å². The second-order valence-corrected chi connectivity index (χ2v) is 8.52. The van der Waals surface area contributed by atoms with Crippen molar-refractivity contribution in [3.05, 3.63) is 23.1 Å². The largest absolute Gasteiger partial charge is 0.522 e. The Hall–Kier alpha value is -1.27. The molecule has 1 spiro atoms. The van der Waals surface area contributed by atoms with Gasteiger partial charge in [-0.1, -0.05) is 11.6 Å². The molecular formula is C16H20ClF3N6OS. The topological polar surface area (TPSA) is 71.9 Å². The minimum atomic E-state index is -4.61. The molecule has 1 saturated heterocycles. The van der Waals surface area contributed by atoms with Crippen molar-refractivity contribution in [3.8, 4) is 0 Å². The van der Waals surface area contributed by atoms with E-state index < -0.39 is 13.0 Å². The van der Waals surface area contributed by atoms with Gasteiger partial charge in [-0.3, -0.25) is 9.88 Å². The van der Waals surface area contributed by atoms with Crippen molar-refractivity contribution in [2.75, 3.05) is 31.1 Å². The van der Waals surface area contributed by atoms with E-state index in [0.717, 1.165) is 55.0 Å². The molecule has 2 aliphatic rings. The first-order valence-corrected chi connectivity index (χ1v) is 10.0. The van der Waals surface area contributed by atoms with Crippen LogP contribution in [0.4, 0.5) is 19.0 Å². The van der Waals surface area contributed by atoms with Crippen LogP contribution in [0.2, 0.25) is 5.15 Å². The molecule has 3 heterocycles. The summed E-state index contributed by atoms with van der Waals surface area (Å²) in [6.45, 7) is 3.39. The maximum absolute atomic E-state index is 12.1. The van der Waals surface area contributed by atoms with Crippen LogP contribution in [-0.4, -0.2) is 57.5 Å². The molecule has 0 bridgehead atoms. The lowest BCUT2D eigenvalue weighted by molar-refractivity contribution is -0.324. The van der Waals surface area contributed by atoms with Crippen molar-refractivity contribution in [3.63, 3.8) is 0 Å². The minimum absolute atomic E-state index is 0.138. The van der Waals surface area contributed by atoms with E-state index in [1.807, 2.05) is 13.0 Å². The SMILES string of the molecule is Cc1cc(Cl)n2ncnc(N3CC4(CC(N(CCOC(F)(F)F)SN)C4)C3)c12. The van der Waals surface area contributed by atoms with Gasteiger partial charge in [-0.25, -0.2) is 13.8 Å². The van der Waals surface area contributed by atoms with E-state index >= 15 is 0 Å². The number of fused-ring (bicyclic) bond motifs is 1. The molecule has 154 valence electrons. The lowest BCUT2D eigenvalue weighted by Crippen LogP contribution is -2.66. The average Bonchev–Trinajstić information content (AvgIpc) is 2.84. The molecule has 7 nitrogen and oxygen atoms in total. The van der Waals surface area contributed by atoms with E-state index in [2.05, 4.69) is 19.7 Å². The molecule has 2 fully saturated rings. The van der Waals surface area contributed by atoms with Gasteiger partial charge in [0.25, 0.3) is 0 Å². The molecule has 2 aromatic heterocycles. The second kappa shape index (κ2) is 7.21. The van der Waals surface area contributed by atoms with Crippen LogP contribution in [0.5, 0.6) is 0 Å². The molecule has 4 rings (SSSR count). The molecule has 0 amide bonds. The van der Waals surface area contributed by atoms with Gasteiger partial charge in [-0.05, 0) is 31.4 Å². The fourth-order valence-corrected chi connectivity index (χ4v) is 5.07. The zero-order valence-corrected chi connectivity index (χ0v) is 16.7. The Morgan fingerprint density at radius 2 is 2.14 bits per heavy atom. The van der Waals surface area contributed by atoms with Crippen LogP contribution < -0.4 is 10.0 Å². The van der Waals surface area contributed by atoms with Crippen LogP contribution in [-0.2, 0) is 4.74 Å². The lowest BCUT2D eigenvalue weighted by atomic mass is 9.60. The van der Waals surface area contributed by atoms with Gasteiger partial charge in [0.1, 0.15) is 17.0 Å². The molecule has 2 aromatic rings. The molecule has 12 heteroatoms. The number of anilines is 1. The number of alkyl halides is 3. The number of hydrogen-bond acceptors (Lipinski definition) is 7. The predicted octanol–water partition coefficient (Wildman–Crippen LogP) is 3.02. The van der Waals surface area contributed by atoms with Gasteiger partial charge < -0.3 is 4.90 Å². The fourth-order valence-electron chi connectivity index (χ4n) is 4.28. The van der Waals surface area contributed by atoms with Crippen LogP contribution in [0.25, 0.3) is 5.52 Å². The Morgan fingerprint density at radius 3 is 2.79 bits per heavy atom. The van der Waals surface area contributed by atoms with Crippen LogP contribution in [0, 0.1) is 12.3 Å². The summed E-state index contributed by atoms with van der Waals surface area (Å²) in [7, 11) is 0. The zero-order chi connectivity index (χ0) is 20.1. The number of nitrogens with two attached hydrogens (primary N) is 1. The van der Waals surface area contributed by atoms with E-state index in [4.69, 9.17) is 16.7 Å². The third-order valence-electron chi connectivity index (χ3n) is 5.49. The summed E-state index contributed by atoms with van der Waals surface area (Å²) < 4.78 is 43.7. The van der Waals surface area contributed by atoms with Gasteiger partial charge in [0.15, 0.2) is 5.82 Å². The lowest BCUT2D eigenvalue weighted by Gasteiger charge is -2.61. The molecule has 0 unspecified atom stereocenters. The van der Waals surface area contributed by atoms with Gasteiger partial charge in [0.2, 0.25) is 0 Å². The Bertz CT molecular complexity index is 864. The molecule has 1 saturated carbocycles. The van der Waals surface area contributed by atoms with Crippen LogP contribution in [0.15, 0.2) is 12.4 Å². The van der Waals surface area contributed by atoms with E-state index in [9.17, 15) is 13.2 Å². The Morgan fingerprint density at radius 1 is 1.43 bits per heavy atom. The Labute approximate surface area is 169 Å². The summed E-state index contributed by atoms with van der Waals surface area (Å²) in [6.07, 6.45) is -1.33. The first-order chi connectivity index (χ1) is 13.2. The summed E-state index contributed by atoms with van der Waals surface area (Å²) in [5.41, 5.74) is 2.08. The maximum atomic E-state index is 12.1. The standard InChI is InChI=1S/C16H20ClF3N6OS/c1-10-4-12(17)26-13(10)14(22-9-23-26)24-7-15(8-24)5-11(6-15)25(28-21)2-3-27-16(18,19)20/h4,9,11H,2-3,5-8,21H2,1H3. The molecular weight excluding hydrogens is 417 g/mol. The van der Waals surface area contributed by atoms with Crippen LogP contribution >= 0.6 is 23.7 Å². The normalized spacial score (nSPS) is 19.5. The summed E-state index contributed by atoms with van der Waals surface area (Å²) in [4.78, 5) is 6.64. The number of halogens is 4. The van der Waals surface area contributed by atoms with E-state index in [-0.39, 0.29) is 18.0 Å². The first-order valence-electron chi connectivity index (χ1n) is 8.79. The van der Waals surface area contributed by atoms with Gasteiger partial charge >= 0.3 is 6.36 Å². The summed E-state index contributed by atoms with van der Waals surface area (Å²) in [6, 6.07) is 2.02. The van der Waals surface area contributed by atoms with Crippen molar-refractivity contribution < 1.29 is 17.9 Å². The Kier molecular flexibility index (Phi) is 5.15. The number of aromatic nitrogens is 3. The van der Waals surface area contributed by atoms with Crippen molar-refractivity contribution >= 4 is 35.1 Å². The van der Waals surface area contributed by atoms with Gasteiger partial charge in [-0.15, -0.1) is 13.2 Å². The van der Waals surface area contributed by atoms with E-state index in [1.54, 1.807) is 8.82 Å². The molecule has 2 N–H and O–H groups in total. The van der Waals surface area contributed by atoms with Crippen LogP contribution in [0.3, 0.4) is 0 Å². The molecule has 28 heavy (non-hydrogen) atoms. The first kappa shape index (κ1) is 20.0. The van der Waals surface area contributed by atoms with E-state index in [1.165, 1.54) is 6.33 Å². The summed E-state index contributed by atoms with van der Waals surface area (Å²) in [5, 5.41) is 10.4. The number of rotatable bonds is 6. The number of nitrogens with zero attached hydrogens (tertiary/aromatic N) is 5. The summed E-state index contributed by atoms with van der Waals surface area (Å²) in [5.74, 6) is 0.858. The fraction of sp³-hybridized carbons (Fsp3) is 0.625. The molecule has 0 atom stereocenters. The highest BCUT2D eigenvalue weighted by atomic mass is 35.5. The van der Waals surface area contributed by atoms with Crippen molar-refractivity contribution in [1.29, 1.82) is 0 Å². The minimum Gasteiger partial charge on any atom is -0.354 e. The monoisotopic (exact) mass is 436 g/mol. The quantitative estimate of drug-likeness (QED) is 0.698. The number of aryl methyl sites for hydroxylation is 1. The number of ether oxygens (including phenoxy) is 1. The third kappa shape index (κ3) is 3.65. The van der Waals surface area contributed by atoms with Crippen LogP contribution in [0.1, 0.15) is 18.4 Å². The molecule has 1 aliphatic heterocycles. The van der Waals surface area contributed by atoms with Gasteiger partial charge in [0, 0.05) is 43.2 Å². The van der Waals surface area contributed by atoms with Gasteiger partial charge in [-0.2, -0.15) is 5.10 Å². The zero-order valence-electron chi connectivity index (χ0n) is 15.1. The molecule has 0 aromatic carbocycles. The Balaban J connectivity index is 1.34.